The fourth-order valence-electron chi connectivity index (χ4n) is 0.926. The maximum absolute atomic E-state index is 10.3. The highest BCUT2D eigenvalue weighted by molar-refractivity contribution is 5.87. The molecule has 0 saturated carbocycles. The van der Waals surface area contributed by atoms with Crippen molar-refractivity contribution in [1.82, 2.24) is 5.32 Å². The number of nitrogens with one attached hydrogen (secondary N) is 1. The monoisotopic (exact) mass is 197 g/mol. The van der Waals surface area contributed by atoms with E-state index in [-0.39, 0.29) is 11.6 Å². The van der Waals surface area contributed by atoms with Gasteiger partial charge >= 0.3 is 5.88 Å². The third kappa shape index (κ3) is 2.09. The molecule has 1 aliphatic heterocycles. The van der Waals surface area contributed by atoms with Gasteiger partial charge in [-0.25, -0.2) is 4.99 Å². The Balaban J connectivity index is 2.92. The van der Waals surface area contributed by atoms with E-state index in [2.05, 4.69) is 10.3 Å². The number of hydrogen-bond acceptors (Lipinski definition) is 5. The smallest absolute Gasteiger partial charge is 0.449 e. The minimum atomic E-state index is -0.894. The average molecular weight is 197 g/mol. The van der Waals surface area contributed by atoms with Gasteiger partial charge in [-0.2, -0.15) is 0 Å². The fraction of sp³-hybridized carbons (Fsp3) is 0.375. The van der Waals surface area contributed by atoms with Gasteiger partial charge in [0.05, 0.1) is 0 Å². The molecule has 0 aromatic heterocycles. The van der Waals surface area contributed by atoms with E-state index in [1.165, 1.54) is 12.3 Å². The lowest BCUT2D eigenvalue weighted by Crippen LogP contribution is -2.30. The Kier molecular flexibility index (Phi) is 2.85. The topological polar surface area (TPSA) is 87.8 Å². The molecule has 0 radical (unpaired) electrons. The fourth-order valence-corrected chi connectivity index (χ4v) is 0.926. The van der Waals surface area contributed by atoms with Crippen LogP contribution in [0.15, 0.2) is 28.8 Å². The highest BCUT2D eigenvalue weighted by Gasteiger charge is 2.19. The quantitative estimate of drug-likeness (QED) is 0.395. The van der Waals surface area contributed by atoms with Crippen molar-refractivity contribution >= 4 is 5.84 Å². The lowest BCUT2D eigenvalue weighted by Gasteiger charge is -2.14. The van der Waals surface area contributed by atoms with Crippen molar-refractivity contribution < 1.29 is 10.0 Å². The number of aliphatic hydroxyl groups excluding tert-OH is 1. The van der Waals surface area contributed by atoms with Gasteiger partial charge < -0.3 is 10.4 Å². The number of amidine groups is 1. The van der Waals surface area contributed by atoms with E-state index in [1.54, 1.807) is 0 Å². The van der Waals surface area contributed by atoms with Crippen molar-refractivity contribution in [3.05, 3.63) is 34.0 Å². The predicted molar refractivity (Wildman–Crippen MR) is 51.2 cm³/mol. The lowest BCUT2D eigenvalue weighted by molar-refractivity contribution is -0.460. The van der Waals surface area contributed by atoms with Gasteiger partial charge in [0.2, 0.25) is 0 Å². The molecule has 0 spiro atoms. The normalized spacial score (nSPS) is 18.9. The number of nitro groups is 1. The summed E-state index contributed by atoms with van der Waals surface area (Å²) >= 11 is 0. The molecule has 1 aliphatic rings. The van der Waals surface area contributed by atoms with Crippen LogP contribution in [0.4, 0.5) is 0 Å². The first kappa shape index (κ1) is 10.2. The van der Waals surface area contributed by atoms with Gasteiger partial charge in [0.25, 0.3) is 0 Å². The molecule has 0 aromatic rings. The van der Waals surface area contributed by atoms with Crippen LogP contribution in [0.1, 0.15) is 13.8 Å². The van der Waals surface area contributed by atoms with Crippen LogP contribution in [-0.2, 0) is 0 Å². The van der Waals surface area contributed by atoms with Crippen molar-refractivity contribution in [3.8, 4) is 0 Å². The van der Waals surface area contributed by atoms with Gasteiger partial charge in [-0.05, 0) is 6.08 Å². The summed E-state index contributed by atoms with van der Waals surface area (Å²) in [4.78, 5) is 13.4. The summed E-state index contributed by atoms with van der Waals surface area (Å²) < 4.78 is 0. The van der Waals surface area contributed by atoms with Crippen molar-refractivity contribution in [2.75, 3.05) is 0 Å². The molecule has 76 valence electrons. The SMILES string of the molecule is CC(C)C1=NC=CC(=C(O)[N+](=O)[O-])N1. The van der Waals surface area contributed by atoms with Crippen LogP contribution >= 0.6 is 0 Å². The Hall–Kier alpha value is -1.85. The van der Waals surface area contributed by atoms with Crippen molar-refractivity contribution in [2.24, 2.45) is 10.9 Å². The summed E-state index contributed by atoms with van der Waals surface area (Å²) in [5, 5.41) is 22.0. The number of aliphatic imine (C=N–C) groups is 1. The Bertz CT molecular complexity index is 342. The van der Waals surface area contributed by atoms with Crippen LogP contribution in [0.3, 0.4) is 0 Å². The van der Waals surface area contributed by atoms with Crippen LogP contribution in [0.25, 0.3) is 0 Å². The van der Waals surface area contributed by atoms with Crippen LogP contribution in [0, 0.1) is 16.0 Å². The van der Waals surface area contributed by atoms with E-state index in [0.29, 0.717) is 5.84 Å². The summed E-state index contributed by atoms with van der Waals surface area (Å²) in [6, 6.07) is 0. The molecule has 0 saturated heterocycles. The molecule has 0 atom stereocenters. The lowest BCUT2D eigenvalue weighted by atomic mass is 10.2. The zero-order chi connectivity index (χ0) is 10.7. The standard InChI is InChI=1S/C8H11N3O3/c1-5(2)7-9-4-3-6(10-7)8(12)11(13)14/h3-5,12H,1-2H3,(H,9,10). The van der Waals surface area contributed by atoms with Crippen molar-refractivity contribution in [1.29, 1.82) is 0 Å². The van der Waals surface area contributed by atoms with Crippen LogP contribution in [0.2, 0.25) is 0 Å². The van der Waals surface area contributed by atoms with E-state index < -0.39 is 10.8 Å². The van der Waals surface area contributed by atoms with Crippen LogP contribution < -0.4 is 5.32 Å². The molecule has 1 rings (SSSR count). The molecular formula is C8H11N3O3. The van der Waals surface area contributed by atoms with E-state index >= 15 is 0 Å². The molecule has 0 fully saturated rings. The molecule has 6 nitrogen and oxygen atoms in total. The second-order valence-electron chi connectivity index (χ2n) is 3.10. The molecular weight excluding hydrogens is 186 g/mol. The zero-order valence-corrected chi connectivity index (χ0v) is 7.89. The highest BCUT2D eigenvalue weighted by atomic mass is 16.7. The van der Waals surface area contributed by atoms with E-state index in [9.17, 15) is 10.1 Å². The second-order valence-corrected chi connectivity index (χ2v) is 3.10. The molecule has 2 N–H and O–H groups in total. The van der Waals surface area contributed by atoms with Gasteiger partial charge in [-0.1, -0.05) is 13.8 Å². The molecule has 0 aromatic carbocycles. The van der Waals surface area contributed by atoms with E-state index in [0.717, 1.165) is 0 Å². The minimum absolute atomic E-state index is 0.0636. The molecule has 6 heteroatoms. The first-order valence-electron chi connectivity index (χ1n) is 4.11. The van der Waals surface area contributed by atoms with E-state index in [4.69, 9.17) is 5.11 Å². The zero-order valence-electron chi connectivity index (χ0n) is 7.89. The summed E-state index contributed by atoms with van der Waals surface area (Å²) in [7, 11) is 0. The van der Waals surface area contributed by atoms with Crippen molar-refractivity contribution in [2.45, 2.75) is 13.8 Å². The highest BCUT2D eigenvalue weighted by Crippen LogP contribution is 2.08. The Morgan fingerprint density at radius 2 is 2.36 bits per heavy atom. The molecule has 0 aliphatic carbocycles. The van der Waals surface area contributed by atoms with Crippen molar-refractivity contribution in [3.63, 3.8) is 0 Å². The first-order valence-corrected chi connectivity index (χ1v) is 4.11. The van der Waals surface area contributed by atoms with Gasteiger partial charge in [-0.3, -0.25) is 10.1 Å². The summed E-state index contributed by atoms with van der Waals surface area (Å²) in [5.74, 6) is -0.181. The molecule has 0 bridgehead atoms. The average Bonchev–Trinajstić information content (AvgIpc) is 2.16. The summed E-state index contributed by atoms with van der Waals surface area (Å²) in [5.41, 5.74) is 0.0636. The van der Waals surface area contributed by atoms with Gasteiger partial charge in [0, 0.05) is 12.1 Å². The van der Waals surface area contributed by atoms with Gasteiger partial charge in [0.1, 0.15) is 10.8 Å². The maximum atomic E-state index is 10.3. The Morgan fingerprint density at radius 1 is 1.71 bits per heavy atom. The number of nitrogens with zero attached hydrogens (tertiary/aromatic N) is 2. The number of hydrogen-bond donors (Lipinski definition) is 2. The Morgan fingerprint density at radius 3 is 2.86 bits per heavy atom. The van der Waals surface area contributed by atoms with Crippen LogP contribution in [-0.4, -0.2) is 15.9 Å². The van der Waals surface area contributed by atoms with Crippen LogP contribution in [0.5, 0.6) is 0 Å². The number of aliphatic hydroxyl groups is 1. The Labute approximate surface area is 80.8 Å². The number of allylic oxidation sites excluding steroid dienone is 1. The van der Waals surface area contributed by atoms with Gasteiger partial charge in [-0.15, -0.1) is 0 Å². The minimum Gasteiger partial charge on any atom is -0.454 e. The molecule has 14 heavy (non-hydrogen) atoms. The third-order valence-electron chi connectivity index (χ3n) is 1.68. The third-order valence-corrected chi connectivity index (χ3v) is 1.68. The molecule has 0 amide bonds. The number of rotatable bonds is 2. The van der Waals surface area contributed by atoms with Gasteiger partial charge in [0.15, 0.2) is 5.70 Å². The summed E-state index contributed by atoms with van der Waals surface area (Å²) in [6.45, 7) is 3.79. The predicted octanol–water partition coefficient (Wildman–Crippen LogP) is 1.16. The molecule has 0 unspecified atom stereocenters. The first-order chi connectivity index (χ1) is 6.52. The largest absolute Gasteiger partial charge is 0.454 e. The maximum Gasteiger partial charge on any atom is 0.449 e. The summed E-state index contributed by atoms with van der Waals surface area (Å²) in [6.07, 6.45) is 2.77. The van der Waals surface area contributed by atoms with E-state index in [1.807, 2.05) is 13.8 Å². The molecule has 1 heterocycles. The second kappa shape index (κ2) is 3.91.